The van der Waals surface area contributed by atoms with Gasteiger partial charge in [-0.15, -0.1) is 0 Å². The lowest BCUT2D eigenvalue weighted by Gasteiger charge is -2.11. The van der Waals surface area contributed by atoms with Crippen LogP contribution in [0.1, 0.15) is 18.1 Å². The summed E-state index contributed by atoms with van der Waals surface area (Å²) in [5.74, 6) is 0.605. The molecule has 0 saturated carbocycles. The Morgan fingerprint density at radius 3 is 2.48 bits per heavy atom. The molecule has 4 nitrogen and oxygen atoms in total. The average Bonchev–Trinajstić information content (AvgIpc) is 3.02. The highest BCUT2D eigenvalue weighted by Gasteiger charge is 2.28. The number of halogens is 1. The minimum absolute atomic E-state index is 0.172. The van der Waals surface area contributed by atoms with Gasteiger partial charge in [-0.05, 0) is 54.5 Å². The van der Waals surface area contributed by atoms with Gasteiger partial charge in [0.1, 0.15) is 12.4 Å². The maximum absolute atomic E-state index is 12.8. The van der Waals surface area contributed by atoms with Crippen LogP contribution in [0.4, 0.5) is 5.69 Å². The molecule has 0 aliphatic carbocycles. The van der Waals surface area contributed by atoms with E-state index in [0.717, 1.165) is 16.9 Å². The van der Waals surface area contributed by atoms with Gasteiger partial charge in [0.25, 0.3) is 5.91 Å². The minimum atomic E-state index is -0.172. The molecule has 1 aliphatic rings. The van der Waals surface area contributed by atoms with Crippen LogP contribution in [0.5, 0.6) is 5.75 Å². The van der Waals surface area contributed by atoms with Crippen LogP contribution in [0.2, 0.25) is 5.02 Å². The van der Waals surface area contributed by atoms with Crippen molar-refractivity contribution in [2.24, 2.45) is 5.10 Å². The molecule has 0 saturated heterocycles. The lowest BCUT2D eigenvalue weighted by molar-refractivity contribution is -0.114. The largest absolute Gasteiger partial charge is 0.489 e. The summed E-state index contributed by atoms with van der Waals surface area (Å²) in [5, 5.41) is 6.33. The number of hydrogen-bond donors (Lipinski definition) is 0. The van der Waals surface area contributed by atoms with Gasteiger partial charge in [-0.2, -0.15) is 10.1 Å². The third-order valence-corrected chi connectivity index (χ3v) is 4.79. The zero-order chi connectivity index (χ0) is 20.2. The van der Waals surface area contributed by atoms with E-state index in [0.29, 0.717) is 28.6 Å². The van der Waals surface area contributed by atoms with E-state index in [9.17, 15) is 4.79 Å². The van der Waals surface area contributed by atoms with Crippen LogP contribution in [-0.2, 0) is 11.4 Å². The van der Waals surface area contributed by atoms with Crippen molar-refractivity contribution < 1.29 is 9.53 Å². The number of amides is 1. The summed E-state index contributed by atoms with van der Waals surface area (Å²) in [6.07, 6.45) is 1.84. The summed E-state index contributed by atoms with van der Waals surface area (Å²) >= 11 is 6.04. The molecule has 0 radical (unpaired) electrons. The summed E-state index contributed by atoms with van der Waals surface area (Å²) in [7, 11) is 0. The normalized spacial score (nSPS) is 15.0. The molecule has 0 atom stereocenters. The molecular formula is C24H19ClN2O2. The van der Waals surface area contributed by atoms with Gasteiger partial charge in [0.15, 0.2) is 0 Å². The fraction of sp³-hybridized carbons (Fsp3) is 0.0833. The van der Waals surface area contributed by atoms with E-state index < -0.39 is 0 Å². The predicted octanol–water partition coefficient (Wildman–Crippen LogP) is 5.73. The number of nitrogens with zero attached hydrogens (tertiary/aromatic N) is 2. The molecule has 1 aliphatic heterocycles. The topological polar surface area (TPSA) is 41.9 Å². The SMILES string of the molecule is CC1=NN(c2cccc(Cl)c2)C(=O)/C1=C\c1ccc(OCc2ccccc2)cc1. The Bertz CT molecular complexity index is 1090. The molecule has 0 unspecified atom stereocenters. The Morgan fingerprint density at radius 1 is 1.00 bits per heavy atom. The molecule has 5 heteroatoms. The van der Waals surface area contributed by atoms with Gasteiger partial charge in [-0.25, -0.2) is 0 Å². The summed E-state index contributed by atoms with van der Waals surface area (Å²) in [5.41, 5.74) is 3.89. The number of carbonyl (C=O) groups is 1. The van der Waals surface area contributed by atoms with Gasteiger partial charge in [0.2, 0.25) is 0 Å². The molecule has 0 fully saturated rings. The Hall–Kier alpha value is -3.37. The van der Waals surface area contributed by atoms with E-state index in [1.807, 2.05) is 73.7 Å². The van der Waals surface area contributed by atoms with Gasteiger partial charge in [0.05, 0.1) is 17.0 Å². The molecule has 0 bridgehead atoms. The number of ether oxygens (including phenoxy) is 1. The molecule has 1 amide bonds. The second-order valence-corrected chi connectivity index (χ2v) is 7.12. The number of rotatable bonds is 5. The first-order valence-corrected chi connectivity index (χ1v) is 9.62. The van der Waals surface area contributed by atoms with Crippen LogP contribution in [0.25, 0.3) is 6.08 Å². The van der Waals surface area contributed by atoms with Crippen molar-refractivity contribution in [3.63, 3.8) is 0 Å². The molecule has 0 aromatic heterocycles. The van der Waals surface area contributed by atoms with Crippen molar-refractivity contribution in [3.8, 4) is 5.75 Å². The highest BCUT2D eigenvalue weighted by atomic mass is 35.5. The molecule has 0 spiro atoms. The van der Waals surface area contributed by atoms with Gasteiger partial charge in [-0.3, -0.25) is 4.79 Å². The average molecular weight is 403 g/mol. The predicted molar refractivity (Wildman–Crippen MR) is 117 cm³/mol. The first-order valence-electron chi connectivity index (χ1n) is 9.24. The van der Waals surface area contributed by atoms with Gasteiger partial charge in [0, 0.05) is 5.02 Å². The van der Waals surface area contributed by atoms with Crippen molar-refractivity contribution in [1.29, 1.82) is 0 Å². The molecule has 4 rings (SSSR count). The highest BCUT2D eigenvalue weighted by Crippen LogP contribution is 2.27. The van der Waals surface area contributed by atoms with Crippen LogP contribution >= 0.6 is 11.6 Å². The standard InChI is InChI=1S/C24H19ClN2O2/c1-17-23(24(28)27(26-17)21-9-5-8-20(25)15-21)14-18-10-12-22(13-11-18)29-16-19-6-3-2-4-7-19/h2-15H,16H2,1H3/b23-14-. The van der Waals surface area contributed by atoms with E-state index in [-0.39, 0.29) is 5.91 Å². The number of benzene rings is 3. The van der Waals surface area contributed by atoms with Gasteiger partial charge < -0.3 is 4.74 Å². The summed E-state index contributed by atoms with van der Waals surface area (Å²) in [4.78, 5) is 12.8. The third-order valence-electron chi connectivity index (χ3n) is 4.55. The molecule has 1 heterocycles. The maximum atomic E-state index is 12.8. The quantitative estimate of drug-likeness (QED) is 0.512. The maximum Gasteiger partial charge on any atom is 0.280 e. The van der Waals surface area contributed by atoms with E-state index in [2.05, 4.69) is 5.10 Å². The van der Waals surface area contributed by atoms with Crippen molar-refractivity contribution >= 4 is 35.0 Å². The lowest BCUT2D eigenvalue weighted by atomic mass is 10.1. The van der Waals surface area contributed by atoms with Crippen LogP contribution < -0.4 is 9.75 Å². The Morgan fingerprint density at radius 2 is 1.76 bits per heavy atom. The molecule has 3 aromatic carbocycles. The number of hydrazone groups is 1. The van der Waals surface area contributed by atoms with Crippen LogP contribution in [-0.4, -0.2) is 11.6 Å². The first-order chi connectivity index (χ1) is 14.1. The van der Waals surface area contributed by atoms with Crippen molar-refractivity contribution in [1.82, 2.24) is 0 Å². The smallest absolute Gasteiger partial charge is 0.280 e. The zero-order valence-corrected chi connectivity index (χ0v) is 16.6. The van der Waals surface area contributed by atoms with Crippen molar-refractivity contribution in [2.75, 3.05) is 5.01 Å². The van der Waals surface area contributed by atoms with Crippen LogP contribution in [0.3, 0.4) is 0 Å². The van der Waals surface area contributed by atoms with Gasteiger partial charge >= 0.3 is 0 Å². The number of carbonyl (C=O) groups excluding carboxylic acids is 1. The summed E-state index contributed by atoms with van der Waals surface area (Å²) < 4.78 is 5.81. The Balaban J connectivity index is 1.48. The summed E-state index contributed by atoms with van der Waals surface area (Å²) in [6.45, 7) is 2.34. The fourth-order valence-corrected chi connectivity index (χ4v) is 3.22. The Kier molecular flexibility index (Phi) is 5.45. The van der Waals surface area contributed by atoms with Crippen molar-refractivity contribution in [3.05, 3.63) is 101 Å². The first kappa shape index (κ1) is 19.0. The molecular weight excluding hydrogens is 384 g/mol. The highest BCUT2D eigenvalue weighted by molar-refractivity contribution is 6.33. The molecule has 3 aromatic rings. The monoisotopic (exact) mass is 402 g/mol. The minimum Gasteiger partial charge on any atom is -0.489 e. The van der Waals surface area contributed by atoms with Crippen molar-refractivity contribution in [2.45, 2.75) is 13.5 Å². The summed E-state index contributed by atoms with van der Waals surface area (Å²) in [6, 6.07) is 24.8. The molecule has 0 N–H and O–H groups in total. The third kappa shape index (κ3) is 4.39. The fourth-order valence-electron chi connectivity index (χ4n) is 3.04. The van der Waals surface area contributed by atoms with Crippen LogP contribution in [0.15, 0.2) is 89.5 Å². The van der Waals surface area contributed by atoms with Gasteiger partial charge in [-0.1, -0.05) is 60.1 Å². The van der Waals surface area contributed by atoms with E-state index in [1.54, 1.807) is 18.2 Å². The molecule has 29 heavy (non-hydrogen) atoms. The molecule has 144 valence electrons. The number of hydrogen-bond acceptors (Lipinski definition) is 3. The second kappa shape index (κ2) is 8.33. The Labute approximate surface area is 174 Å². The lowest BCUT2D eigenvalue weighted by Crippen LogP contribution is -2.21. The van der Waals surface area contributed by atoms with E-state index >= 15 is 0 Å². The van der Waals surface area contributed by atoms with E-state index in [1.165, 1.54) is 5.01 Å². The number of anilines is 1. The van der Waals surface area contributed by atoms with E-state index in [4.69, 9.17) is 16.3 Å². The van der Waals surface area contributed by atoms with Crippen LogP contribution in [0, 0.1) is 0 Å². The zero-order valence-electron chi connectivity index (χ0n) is 15.9. The second-order valence-electron chi connectivity index (χ2n) is 6.68.